The Morgan fingerprint density at radius 3 is 2.70 bits per heavy atom. The number of anilines is 1. The second kappa shape index (κ2) is 12.8. The van der Waals surface area contributed by atoms with E-state index in [1.54, 1.807) is 12.3 Å². The molecule has 1 heterocycles. The Labute approximate surface area is 203 Å². The summed E-state index contributed by atoms with van der Waals surface area (Å²) in [6.07, 6.45) is 8.50. The van der Waals surface area contributed by atoms with Gasteiger partial charge in [0, 0.05) is 22.5 Å². The number of ether oxygens (including phenoxy) is 1. The summed E-state index contributed by atoms with van der Waals surface area (Å²) >= 11 is 7.58. The monoisotopic (exact) mass is 479 g/mol. The van der Waals surface area contributed by atoms with Gasteiger partial charge in [-0.2, -0.15) is 5.26 Å². The van der Waals surface area contributed by atoms with Crippen molar-refractivity contribution in [1.82, 2.24) is 4.98 Å². The van der Waals surface area contributed by atoms with Crippen LogP contribution in [0.2, 0.25) is 5.02 Å². The first-order valence-corrected chi connectivity index (χ1v) is 12.1. The van der Waals surface area contributed by atoms with Gasteiger partial charge in [-0.25, -0.2) is 4.98 Å². The summed E-state index contributed by atoms with van der Waals surface area (Å²) < 4.78 is 5.74. The van der Waals surface area contributed by atoms with Gasteiger partial charge in [0.1, 0.15) is 17.4 Å². The topological polar surface area (TPSA) is 75.0 Å². The Kier molecular flexibility index (Phi) is 9.49. The standard InChI is InChI=1S/C26H26ClN3O2S/c1-2-3-4-7-14-32-22-12-10-19(11-13-22)15-21(17-28)25(31)30-26-29-18-23(33-26)16-20-8-5-6-9-24(20)27/h5-6,8-13,15,18H,2-4,7,14,16H2,1H3,(H,29,30,31)/b21-15+. The summed E-state index contributed by atoms with van der Waals surface area (Å²) in [6.45, 7) is 2.87. The Morgan fingerprint density at radius 1 is 1.18 bits per heavy atom. The van der Waals surface area contributed by atoms with Gasteiger partial charge in [0.25, 0.3) is 5.91 Å². The Morgan fingerprint density at radius 2 is 1.97 bits per heavy atom. The SMILES string of the molecule is CCCCCCOc1ccc(/C=C(\C#N)C(=O)Nc2ncc(Cc3ccccc3Cl)s2)cc1. The third kappa shape index (κ3) is 7.74. The van der Waals surface area contributed by atoms with Crippen LogP contribution in [0.4, 0.5) is 5.13 Å². The number of rotatable bonds is 11. The molecule has 1 amide bonds. The molecule has 0 atom stereocenters. The van der Waals surface area contributed by atoms with E-state index in [9.17, 15) is 10.1 Å². The molecule has 0 saturated heterocycles. The molecule has 170 valence electrons. The fourth-order valence-corrected chi connectivity index (χ4v) is 4.17. The number of benzene rings is 2. The largest absolute Gasteiger partial charge is 0.494 e. The van der Waals surface area contributed by atoms with Gasteiger partial charge in [0.05, 0.1) is 6.61 Å². The fraction of sp³-hybridized carbons (Fsp3) is 0.269. The number of thiazole rings is 1. The molecule has 7 heteroatoms. The first kappa shape index (κ1) is 24.5. The van der Waals surface area contributed by atoms with Crippen molar-refractivity contribution in [1.29, 1.82) is 5.26 Å². The van der Waals surface area contributed by atoms with Crippen LogP contribution in [0.3, 0.4) is 0 Å². The van der Waals surface area contributed by atoms with Crippen molar-refractivity contribution < 1.29 is 9.53 Å². The van der Waals surface area contributed by atoms with E-state index in [0.29, 0.717) is 23.2 Å². The molecule has 33 heavy (non-hydrogen) atoms. The Hall–Kier alpha value is -3.14. The van der Waals surface area contributed by atoms with E-state index in [1.165, 1.54) is 30.6 Å². The molecule has 0 saturated carbocycles. The number of aromatic nitrogens is 1. The molecule has 3 aromatic rings. The minimum atomic E-state index is -0.493. The van der Waals surface area contributed by atoms with Crippen molar-refractivity contribution in [2.45, 2.75) is 39.0 Å². The highest BCUT2D eigenvalue weighted by Gasteiger charge is 2.13. The molecule has 1 N–H and O–H groups in total. The Bertz CT molecular complexity index is 1130. The van der Waals surface area contributed by atoms with Crippen LogP contribution in [0.1, 0.15) is 48.6 Å². The lowest BCUT2D eigenvalue weighted by atomic mass is 10.1. The molecule has 0 spiro atoms. The van der Waals surface area contributed by atoms with Crippen LogP contribution in [0.15, 0.2) is 60.3 Å². The first-order valence-electron chi connectivity index (χ1n) is 10.9. The van der Waals surface area contributed by atoms with Gasteiger partial charge in [0.2, 0.25) is 0 Å². The van der Waals surface area contributed by atoms with Crippen LogP contribution in [0, 0.1) is 11.3 Å². The normalized spacial score (nSPS) is 11.1. The van der Waals surface area contributed by atoms with Gasteiger partial charge in [-0.05, 0) is 41.8 Å². The minimum absolute atomic E-state index is 0.00564. The number of carbonyl (C=O) groups is 1. The van der Waals surface area contributed by atoms with Crippen molar-refractivity contribution in [3.63, 3.8) is 0 Å². The number of nitriles is 1. The maximum absolute atomic E-state index is 12.6. The van der Waals surface area contributed by atoms with E-state index in [-0.39, 0.29) is 5.57 Å². The summed E-state index contributed by atoms with van der Waals surface area (Å²) in [7, 11) is 0. The summed E-state index contributed by atoms with van der Waals surface area (Å²) in [5, 5.41) is 13.3. The molecular weight excluding hydrogens is 454 g/mol. The lowest BCUT2D eigenvalue weighted by Gasteiger charge is -2.06. The zero-order chi connectivity index (χ0) is 23.5. The molecule has 3 rings (SSSR count). The predicted octanol–water partition coefficient (Wildman–Crippen LogP) is 6.89. The van der Waals surface area contributed by atoms with Crippen molar-refractivity contribution >= 4 is 40.1 Å². The van der Waals surface area contributed by atoms with E-state index >= 15 is 0 Å². The van der Waals surface area contributed by atoms with Crippen molar-refractivity contribution in [3.05, 3.63) is 81.3 Å². The van der Waals surface area contributed by atoms with Gasteiger partial charge in [-0.1, -0.05) is 68.1 Å². The molecule has 0 radical (unpaired) electrons. The number of hydrogen-bond acceptors (Lipinski definition) is 5. The van der Waals surface area contributed by atoms with Gasteiger partial charge in [-0.15, -0.1) is 11.3 Å². The quantitative estimate of drug-likeness (QED) is 0.184. The van der Waals surface area contributed by atoms with Crippen molar-refractivity contribution in [2.24, 2.45) is 0 Å². The van der Waals surface area contributed by atoms with E-state index in [2.05, 4.69) is 17.2 Å². The summed E-state index contributed by atoms with van der Waals surface area (Å²) in [6, 6.07) is 16.9. The molecule has 0 bridgehead atoms. The molecule has 0 fully saturated rings. The highest BCUT2D eigenvalue weighted by molar-refractivity contribution is 7.15. The number of halogens is 1. The molecule has 0 aliphatic rings. The highest BCUT2D eigenvalue weighted by Crippen LogP contribution is 2.25. The average Bonchev–Trinajstić information content (AvgIpc) is 3.26. The van der Waals surface area contributed by atoms with E-state index in [0.717, 1.165) is 28.2 Å². The van der Waals surface area contributed by atoms with Gasteiger partial charge in [-0.3, -0.25) is 10.1 Å². The maximum Gasteiger partial charge on any atom is 0.268 e. The average molecular weight is 480 g/mol. The van der Waals surface area contributed by atoms with Crippen LogP contribution >= 0.6 is 22.9 Å². The zero-order valence-electron chi connectivity index (χ0n) is 18.5. The molecule has 2 aromatic carbocycles. The molecule has 0 unspecified atom stereocenters. The Balaban J connectivity index is 1.57. The van der Waals surface area contributed by atoms with Crippen molar-refractivity contribution in [2.75, 3.05) is 11.9 Å². The number of amides is 1. The number of carbonyl (C=O) groups excluding carboxylic acids is 1. The summed E-state index contributed by atoms with van der Waals surface area (Å²) in [4.78, 5) is 17.8. The number of nitrogens with one attached hydrogen (secondary N) is 1. The van der Waals surface area contributed by atoms with E-state index < -0.39 is 5.91 Å². The van der Waals surface area contributed by atoms with Crippen molar-refractivity contribution in [3.8, 4) is 11.8 Å². The first-order chi connectivity index (χ1) is 16.1. The lowest BCUT2D eigenvalue weighted by Crippen LogP contribution is -2.13. The zero-order valence-corrected chi connectivity index (χ0v) is 20.1. The molecule has 1 aromatic heterocycles. The number of hydrogen-bond donors (Lipinski definition) is 1. The van der Waals surface area contributed by atoms with Crippen LogP contribution in [0.25, 0.3) is 6.08 Å². The number of unbranched alkanes of at least 4 members (excludes halogenated alkanes) is 3. The third-order valence-corrected chi connectivity index (χ3v) is 6.20. The minimum Gasteiger partial charge on any atom is -0.494 e. The molecule has 5 nitrogen and oxygen atoms in total. The van der Waals surface area contributed by atoms with Crippen LogP contribution in [-0.2, 0) is 11.2 Å². The molecular formula is C26H26ClN3O2S. The van der Waals surface area contributed by atoms with Crippen LogP contribution in [-0.4, -0.2) is 17.5 Å². The lowest BCUT2D eigenvalue weighted by molar-refractivity contribution is -0.112. The molecule has 0 aliphatic carbocycles. The predicted molar refractivity (Wildman–Crippen MR) is 135 cm³/mol. The smallest absolute Gasteiger partial charge is 0.268 e. The van der Waals surface area contributed by atoms with E-state index in [1.807, 2.05) is 54.6 Å². The second-order valence-corrected chi connectivity index (χ2v) is 9.02. The van der Waals surface area contributed by atoms with Crippen LogP contribution in [0.5, 0.6) is 5.75 Å². The fourth-order valence-electron chi connectivity index (χ4n) is 3.14. The third-order valence-electron chi connectivity index (χ3n) is 4.92. The number of nitrogens with zero attached hydrogens (tertiary/aromatic N) is 2. The van der Waals surface area contributed by atoms with Gasteiger partial charge < -0.3 is 4.74 Å². The summed E-state index contributed by atoms with van der Waals surface area (Å²) in [5.74, 6) is 0.285. The van der Waals surface area contributed by atoms with Crippen LogP contribution < -0.4 is 10.1 Å². The maximum atomic E-state index is 12.6. The van der Waals surface area contributed by atoms with E-state index in [4.69, 9.17) is 16.3 Å². The highest BCUT2D eigenvalue weighted by atomic mass is 35.5. The summed E-state index contributed by atoms with van der Waals surface area (Å²) in [5.41, 5.74) is 1.75. The van der Waals surface area contributed by atoms with Gasteiger partial charge in [0.15, 0.2) is 5.13 Å². The second-order valence-electron chi connectivity index (χ2n) is 7.50. The molecule has 0 aliphatic heterocycles. The van der Waals surface area contributed by atoms with Gasteiger partial charge >= 0.3 is 0 Å².